The van der Waals surface area contributed by atoms with Crippen molar-refractivity contribution in [2.45, 2.75) is 57.5 Å². The highest BCUT2D eigenvalue weighted by molar-refractivity contribution is 7.18. The lowest BCUT2D eigenvalue weighted by atomic mass is 9.93. The molecule has 2 amide bonds. The number of hydrogen-bond acceptors (Lipinski definition) is 6. The summed E-state index contributed by atoms with van der Waals surface area (Å²) in [5.74, 6) is -0.246. The van der Waals surface area contributed by atoms with E-state index >= 15 is 0 Å². The third kappa shape index (κ3) is 4.75. The van der Waals surface area contributed by atoms with Crippen LogP contribution >= 0.6 is 22.7 Å². The van der Waals surface area contributed by atoms with Crippen molar-refractivity contribution >= 4 is 44.7 Å². The number of nitrogens with one attached hydrogen (secondary N) is 1. The van der Waals surface area contributed by atoms with Gasteiger partial charge in [0.15, 0.2) is 0 Å². The zero-order chi connectivity index (χ0) is 22.8. The number of fused-ring (bicyclic) bond motifs is 1. The Labute approximate surface area is 200 Å². The van der Waals surface area contributed by atoms with Gasteiger partial charge in [0.05, 0.1) is 17.6 Å². The van der Waals surface area contributed by atoms with Gasteiger partial charge in [0.25, 0.3) is 5.56 Å². The van der Waals surface area contributed by atoms with E-state index in [1.54, 1.807) is 16.2 Å². The first-order chi connectivity index (χ1) is 16.1. The van der Waals surface area contributed by atoms with Crippen LogP contribution in [0.4, 0.5) is 0 Å². The minimum absolute atomic E-state index is 0.0571. The quantitative estimate of drug-likeness (QED) is 0.596. The van der Waals surface area contributed by atoms with Gasteiger partial charge < -0.3 is 10.2 Å². The molecule has 2 fully saturated rings. The number of carbonyl (C=O) groups is 2. The minimum Gasteiger partial charge on any atom is -0.353 e. The van der Waals surface area contributed by atoms with Gasteiger partial charge in [0.2, 0.25) is 11.8 Å². The van der Waals surface area contributed by atoms with Gasteiger partial charge in [-0.2, -0.15) is 0 Å². The molecule has 174 valence electrons. The summed E-state index contributed by atoms with van der Waals surface area (Å²) in [6.45, 7) is 0.981. The molecule has 2 aliphatic rings. The smallest absolute Gasteiger partial charge is 0.263 e. The van der Waals surface area contributed by atoms with Gasteiger partial charge in [-0.25, -0.2) is 4.98 Å². The summed E-state index contributed by atoms with van der Waals surface area (Å²) in [6, 6.07) is 4.22. The maximum absolute atomic E-state index is 13.2. The molecule has 1 aliphatic carbocycles. The lowest BCUT2D eigenvalue weighted by Crippen LogP contribution is -2.48. The summed E-state index contributed by atoms with van der Waals surface area (Å²) < 4.78 is 1.40. The second-order valence-electron chi connectivity index (χ2n) is 9.01. The lowest BCUT2D eigenvalue weighted by Gasteiger charge is -2.33. The van der Waals surface area contributed by atoms with E-state index in [1.807, 2.05) is 22.9 Å². The molecule has 7 nitrogen and oxygen atoms in total. The van der Waals surface area contributed by atoms with E-state index in [-0.39, 0.29) is 35.9 Å². The first-order valence-electron chi connectivity index (χ1n) is 11.7. The molecule has 9 heteroatoms. The van der Waals surface area contributed by atoms with Crippen LogP contribution in [-0.2, 0) is 16.1 Å². The van der Waals surface area contributed by atoms with Gasteiger partial charge in [0, 0.05) is 35.0 Å². The van der Waals surface area contributed by atoms with E-state index < -0.39 is 0 Å². The molecule has 1 saturated heterocycles. The topological polar surface area (TPSA) is 84.3 Å². The van der Waals surface area contributed by atoms with Gasteiger partial charge in [-0.05, 0) is 37.1 Å². The van der Waals surface area contributed by atoms with Crippen molar-refractivity contribution in [1.82, 2.24) is 19.8 Å². The van der Waals surface area contributed by atoms with E-state index in [4.69, 9.17) is 0 Å². The Bertz CT molecular complexity index is 1190. The van der Waals surface area contributed by atoms with Crippen LogP contribution in [0.2, 0.25) is 0 Å². The molecule has 0 spiro atoms. The monoisotopic (exact) mass is 484 g/mol. The molecular weight excluding hydrogens is 456 g/mol. The van der Waals surface area contributed by atoms with Crippen molar-refractivity contribution in [3.63, 3.8) is 0 Å². The van der Waals surface area contributed by atoms with Crippen LogP contribution in [-0.4, -0.2) is 45.4 Å². The first kappa shape index (κ1) is 22.3. The predicted molar refractivity (Wildman–Crippen MR) is 132 cm³/mol. The highest BCUT2D eigenvalue weighted by Gasteiger charge is 2.30. The molecule has 33 heavy (non-hydrogen) atoms. The number of amides is 2. The van der Waals surface area contributed by atoms with Crippen molar-refractivity contribution < 1.29 is 9.59 Å². The van der Waals surface area contributed by atoms with Gasteiger partial charge in [-0.3, -0.25) is 19.0 Å². The molecule has 3 aromatic heterocycles. The second kappa shape index (κ2) is 9.77. The summed E-state index contributed by atoms with van der Waals surface area (Å²) in [5.41, 5.74) is 0.684. The third-order valence-corrected chi connectivity index (χ3v) is 8.54. The Morgan fingerprint density at radius 1 is 1.12 bits per heavy atom. The van der Waals surface area contributed by atoms with Crippen molar-refractivity contribution in [3.8, 4) is 10.4 Å². The number of rotatable bonds is 5. The van der Waals surface area contributed by atoms with Crippen LogP contribution in [0.5, 0.6) is 0 Å². The number of thiophene rings is 2. The molecule has 4 heterocycles. The number of carbonyl (C=O) groups excluding carboxylic acids is 2. The standard InChI is InChI=1S/C24H28N4O3S2/c29-20(27-10-4-6-16(12-27)22(30)26-17-7-2-1-3-8-17)13-28-15-25-23-21(24(28)31)18(14-33-23)19-9-5-11-32-19/h5,9,11,14-17H,1-4,6-8,10,12-13H2,(H,26,30)/t16-/m0/s1. The number of nitrogens with zero attached hydrogens (tertiary/aromatic N) is 3. The molecular formula is C24H28N4O3S2. The Kier molecular flexibility index (Phi) is 6.59. The molecule has 5 rings (SSSR count). The van der Waals surface area contributed by atoms with Crippen molar-refractivity contribution in [1.29, 1.82) is 0 Å². The number of hydrogen-bond donors (Lipinski definition) is 1. The summed E-state index contributed by atoms with van der Waals surface area (Å²) in [7, 11) is 0. The Hall–Kier alpha value is -2.52. The Morgan fingerprint density at radius 2 is 1.97 bits per heavy atom. The van der Waals surface area contributed by atoms with Crippen LogP contribution in [0.15, 0.2) is 34.0 Å². The predicted octanol–water partition coefficient (Wildman–Crippen LogP) is 3.87. The maximum atomic E-state index is 13.2. The van der Waals surface area contributed by atoms with E-state index in [2.05, 4.69) is 10.3 Å². The molecule has 1 aliphatic heterocycles. The summed E-state index contributed by atoms with van der Waals surface area (Å²) >= 11 is 3.02. The molecule has 1 saturated carbocycles. The molecule has 1 atom stereocenters. The molecule has 1 N–H and O–H groups in total. The maximum Gasteiger partial charge on any atom is 0.263 e. The summed E-state index contributed by atoms with van der Waals surface area (Å²) in [5, 5.41) is 7.71. The van der Waals surface area contributed by atoms with E-state index in [0.29, 0.717) is 23.3 Å². The van der Waals surface area contributed by atoms with Crippen LogP contribution in [0.1, 0.15) is 44.9 Å². The lowest BCUT2D eigenvalue weighted by molar-refractivity contribution is -0.136. The van der Waals surface area contributed by atoms with Crippen molar-refractivity contribution in [2.24, 2.45) is 5.92 Å². The average Bonchev–Trinajstić information content (AvgIpc) is 3.52. The third-order valence-electron chi connectivity index (χ3n) is 6.75. The fourth-order valence-electron chi connectivity index (χ4n) is 4.92. The summed E-state index contributed by atoms with van der Waals surface area (Å²) in [4.78, 5) is 47.0. The molecule has 0 unspecified atom stereocenters. The Balaban J connectivity index is 1.28. The minimum atomic E-state index is -0.193. The molecule has 0 radical (unpaired) electrons. The van der Waals surface area contributed by atoms with Crippen molar-refractivity contribution in [2.75, 3.05) is 13.1 Å². The Morgan fingerprint density at radius 3 is 2.76 bits per heavy atom. The van der Waals surface area contributed by atoms with Crippen LogP contribution in [0.25, 0.3) is 20.7 Å². The largest absolute Gasteiger partial charge is 0.353 e. The van der Waals surface area contributed by atoms with Gasteiger partial charge in [0.1, 0.15) is 11.4 Å². The van der Waals surface area contributed by atoms with E-state index in [9.17, 15) is 14.4 Å². The fourth-order valence-corrected chi connectivity index (χ4v) is 6.64. The highest BCUT2D eigenvalue weighted by atomic mass is 32.1. The van der Waals surface area contributed by atoms with Crippen molar-refractivity contribution in [3.05, 3.63) is 39.6 Å². The van der Waals surface area contributed by atoms with Crippen LogP contribution < -0.4 is 10.9 Å². The van der Waals surface area contributed by atoms with E-state index in [0.717, 1.165) is 36.1 Å². The summed E-state index contributed by atoms with van der Waals surface area (Å²) in [6.07, 6.45) is 8.76. The number of aromatic nitrogens is 2. The zero-order valence-electron chi connectivity index (χ0n) is 18.5. The number of likely N-dealkylation sites (tertiary alicyclic amines) is 1. The zero-order valence-corrected chi connectivity index (χ0v) is 20.1. The molecule has 3 aromatic rings. The molecule has 0 aromatic carbocycles. The normalized spacial score (nSPS) is 19.6. The number of piperidine rings is 1. The highest BCUT2D eigenvalue weighted by Crippen LogP contribution is 2.33. The van der Waals surface area contributed by atoms with Crippen LogP contribution in [0, 0.1) is 5.92 Å². The van der Waals surface area contributed by atoms with E-state index in [1.165, 1.54) is 41.5 Å². The van der Waals surface area contributed by atoms with Crippen LogP contribution in [0.3, 0.4) is 0 Å². The SMILES string of the molecule is O=C(NC1CCCCC1)[C@H]1CCCN(C(=O)Cn2cnc3scc(-c4cccs4)c3c2=O)C1. The first-order valence-corrected chi connectivity index (χ1v) is 13.4. The molecule has 0 bridgehead atoms. The fraction of sp³-hybridized carbons (Fsp3) is 0.500. The van der Waals surface area contributed by atoms with Gasteiger partial charge in [-0.1, -0.05) is 25.3 Å². The van der Waals surface area contributed by atoms with Gasteiger partial charge >= 0.3 is 0 Å². The second-order valence-corrected chi connectivity index (χ2v) is 10.8. The van der Waals surface area contributed by atoms with Gasteiger partial charge in [-0.15, -0.1) is 22.7 Å². The average molecular weight is 485 g/mol.